The molecule has 2 fully saturated rings. The van der Waals surface area contributed by atoms with E-state index in [0.717, 1.165) is 80.2 Å². The molecule has 2 aromatic rings. The normalized spacial score (nSPS) is 21.8. The van der Waals surface area contributed by atoms with Gasteiger partial charge in [-0.1, -0.05) is 30.3 Å². The third kappa shape index (κ3) is 9.64. The Labute approximate surface area is 268 Å². The highest BCUT2D eigenvalue weighted by molar-refractivity contribution is 5.77. The summed E-state index contributed by atoms with van der Waals surface area (Å²) in [4.78, 5) is 17.3. The van der Waals surface area contributed by atoms with E-state index in [2.05, 4.69) is 52.7 Å². The highest BCUT2D eigenvalue weighted by Gasteiger charge is 2.37. The van der Waals surface area contributed by atoms with Gasteiger partial charge in [-0.15, -0.1) is 0 Å². The van der Waals surface area contributed by atoms with Crippen LogP contribution in [0.4, 0.5) is 5.69 Å². The Morgan fingerprint density at radius 3 is 2.40 bits per heavy atom. The van der Waals surface area contributed by atoms with Crippen molar-refractivity contribution in [2.75, 3.05) is 91.4 Å². The van der Waals surface area contributed by atoms with Crippen molar-refractivity contribution < 1.29 is 33.2 Å². The van der Waals surface area contributed by atoms with Crippen LogP contribution in [-0.2, 0) is 41.7 Å². The van der Waals surface area contributed by atoms with Crippen molar-refractivity contribution in [2.45, 2.75) is 57.0 Å². The molecule has 0 aromatic heterocycles. The molecule has 0 radical (unpaired) electrons. The topological polar surface area (TPSA) is 91.0 Å². The van der Waals surface area contributed by atoms with Gasteiger partial charge in [0, 0.05) is 59.5 Å². The van der Waals surface area contributed by atoms with Crippen molar-refractivity contribution in [1.82, 2.24) is 10.2 Å². The fourth-order valence-corrected chi connectivity index (χ4v) is 6.44. The molecule has 5 rings (SSSR count). The minimum absolute atomic E-state index is 0.0321. The number of rotatable bonds is 16. The first-order valence-electron chi connectivity index (χ1n) is 16.5. The lowest BCUT2D eigenvalue weighted by molar-refractivity contribution is -0.141. The third-order valence-electron chi connectivity index (χ3n) is 8.91. The summed E-state index contributed by atoms with van der Waals surface area (Å²) in [6, 6.07) is 14.9. The van der Waals surface area contributed by atoms with Gasteiger partial charge in [-0.05, 0) is 54.5 Å². The minimum atomic E-state index is -0.200. The number of hydrogen-bond donors (Lipinski definition) is 1. The molecule has 2 aromatic carbocycles. The summed E-state index contributed by atoms with van der Waals surface area (Å²) in [6.45, 7) is 8.43. The standard InChI is InChI=1S/C35H51N3O7/c1-40-17-6-15-37-16-18-43-31-12-9-28(21-30(31)37)25-44-32-22-36-23-33(45-26-34(39)38-13-4-3-5-14-38)35(32)29-10-7-27(8-11-29)24-42-20-19-41-2/h7-12,21,32-33,35-36H,3-6,13-20,22-26H2,1-2H3/t32-,33+,35+/m0/s1. The second-order valence-corrected chi connectivity index (χ2v) is 12.1. The highest BCUT2D eigenvalue weighted by Crippen LogP contribution is 2.35. The maximum Gasteiger partial charge on any atom is 0.248 e. The van der Waals surface area contributed by atoms with Crippen LogP contribution >= 0.6 is 0 Å². The van der Waals surface area contributed by atoms with Gasteiger partial charge in [0.05, 0.1) is 50.9 Å². The molecule has 0 bridgehead atoms. The average molecular weight is 626 g/mol. The lowest BCUT2D eigenvalue weighted by Gasteiger charge is -2.39. The van der Waals surface area contributed by atoms with E-state index in [1.165, 1.54) is 6.42 Å². The molecule has 2 saturated heterocycles. The van der Waals surface area contributed by atoms with Gasteiger partial charge in [0.2, 0.25) is 5.91 Å². The number of benzene rings is 2. The molecule has 45 heavy (non-hydrogen) atoms. The van der Waals surface area contributed by atoms with Gasteiger partial charge in [-0.2, -0.15) is 0 Å². The number of nitrogens with one attached hydrogen (secondary N) is 1. The number of likely N-dealkylation sites (tertiary alicyclic amines) is 1. The zero-order valence-electron chi connectivity index (χ0n) is 27.0. The lowest BCUT2D eigenvalue weighted by atomic mass is 9.85. The Morgan fingerprint density at radius 1 is 0.867 bits per heavy atom. The van der Waals surface area contributed by atoms with Crippen molar-refractivity contribution in [3.8, 4) is 5.75 Å². The van der Waals surface area contributed by atoms with Crippen LogP contribution in [-0.4, -0.2) is 110 Å². The maximum atomic E-state index is 13.0. The lowest BCUT2D eigenvalue weighted by Crippen LogP contribution is -2.51. The van der Waals surface area contributed by atoms with E-state index in [4.69, 9.17) is 28.4 Å². The first kappa shape index (κ1) is 33.6. The monoisotopic (exact) mass is 625 g/mol. The molecule has 1 amide bonds. The van der Waals surface area contributed by atoms with Crippen LogP contribution in [0.2, 0.25) is 0 Å². The number of carbonyl (C=O) groups is 1. The van der Waals surface area contributed by atoms with E-state index in [0.29, 0.717) is 46.1 Å². The number of piperidine rings is 2. The summed E-state index contributed by atoms with van der Waals surface area (Å²) in [6.07, 6.45) is 3.95. The number of amides is 1. The van der Waals surface area contributed by atoms with Crippen molar-refractivity contribution >= 4 is 11.6 Å². The van der Waals surface area contributed by atoms with Gasteiger partial charge in [0.15, 0.2) is 0 Å². The van der Waals surface area contributed by atoms with Crippen LogP contribution in [0.3, 0.4) is 0 Å². The Morgan fingerprint density at radius 2 is 1.62 bits per heavy atom. The second kappa shape index (κ2) is 17.8. The Bertz CT molecular complexity index is 1170. The van der Waals surface area contributed by atoms with Crippen LogP contribution in [0.5, 0.6) is 5.75 Å². The van der Waals surface area contributed by atoms with E-state index >= 15 is 0 Å². The Balaban J connectivity index is 1.28. The molecule has 0 saturated carbocycles. The molecule has 248 valence electrons. The van der Waals surface area contributed by atoms with Crippen molar-refractivity contribution in [3.05, 3.63) is 59.2 Å². The average Bonchev–Trinajstić information content (AvgIpc) is 3.09. The number of fused-ring (bicyclic) bond motifs is 1. The van der Waals surface area contributed by atoms with E-state index < -0.39 is 0 Å². The van der Waals surface area contributed by atoms with E-state index in [1.54, 1.807) is 14.2 Å². The zero-order valence-corrected chi connectivity index (χ0v) is 27.0. The quantitative estimate of drug-likeness (QED) is 0.280. The van der Waals surface area contributed by atoms with Crippen LogP contribution in [0.15, 0.2) is 42.5 Å². The van der Waals surface area contributed by atoms with E-state index in [1.807, 2.05) is 4.90 Å². The molecule has 0 unspecified atom stereocenters. The van der Waals surface area contributed by atoms with E-state index in [9.17, 15) is 4.79 Å². The SMILES string of the molecule is COCCCN1CCOc2ccc(CO[C@H]3CNC[C@@H](OCC(=O)N4CCCCC4)[C@@H]3c3ccc(COCCOC)cc3)cc21. The number of anilines is 1. The Kier molecular flexibility index (Phi) is 13.3. The summed E-state index contributed by atoms with van der Waals surface area (Å²) in [7, 11) is 3.42. The number of hydrogen-bond acceptors (Lipinski definition) is 9. The molecule has 3 aliphatic rings. The number of methoxy groups -OCH3 is 2. The van der Waals surface area contributed by atoms with E-state index in [-0.39, 0.29) is 30.6 Å². The molecule has 10 nitrogen and oxygen atoms in total. The summed E-state index contributed by atoms with van der Waals surface area (Å²) in [5.74, 6) is 0.958. The van der Waals surface area contributed by atoms with Crippen molar-refractivity contribution in [1.29, 1.82) is 0 Å². The first-order chi connectivity index (χ1) is 22.2. The van der Waals surface area contributed by atoms with Crippen LogP contribution < -0.4 is 15.0 Å². The zero-order chi connectivity index (χ0) is 31.3. The van der Waals surface area contributed by atoms with Crippen LogP contribution in [0, 0.1) is 0 Å². The molecular weight excluding hydrogens is 574 g/mol. The fourth-order valence-electron chi connectivity index (χ4n) is 6.44. The Hall–Kier alpha value is -2.73. The fraction of sp³-hybridized carbons (Fsp3) is 0.629. The first-order valence-corrected chi connectivity index (χ1v) is 16.5. The second-order valence-electron chi connectivity index (χ2n) is 12.1. The largest absolute Gasteiger partial charge is 0.490 e. The number of ether oxygens (including phenoxy) is 6. The highest BCUT2D eigenvalue weighted by atomic mass is 16.5. The predicted octanol–water partition coefficient (Wildman–Crippen LogP) is 3.75. The number of carbonyl (C=O) groups excluding carboxylic acids is 1. The number of nitrogens with zero attached hydrogens (tertiary/aromatic N) is 2. The molecule has 3 heterocycles. The van der Waals surface area contributed by atoms with Gasteiger partial charge < -0.3 is 43.5 Å². The predicted molar refractivity (Wildman–Crippen MR) is 173 cm³/mol. The summed E-state index contributed by atoms with van der Waals surface area (Å²) in [5, 5.41) is 3.51. The van der Waals surface area contributed by atoms with Crippen LogP contribution in [0.1, 0.15) is 48.3 Å². The van der Waals surface area contributed by atoms with Crippen molar-refractivity contribution in [3.63, 3.8) is 0 Å². The molecule has 0 spiro atoms. The molecule has 0 aliphatic carbocycles. The smallest absolute Gasteiger partial charge is 0.248 e. The molecule has 1 N–H and O–H groups in total. The summed E-state index contributed by atoms with van der Waals surface area (Å²) < 4.78 is 35.1. The van der Waals surface area contributed by atoms with Gasteiger partial charge in [-0.3, -0.25) is 4.79 Å². The maximum absolute atomic E-state index is 13.0. The third-order valence-corrected chi connectivity index (χ3v) is 8.91. The molecule has 3 aliphatic heterocycles. The van der Waals surface area contributed by atoms with Crippen molar-refractivity contribution in [2.24, 2.45) is 0 Å². The van der Waals surface area contributed by atoms with Gasteiger partial charge in [-0.25, -0.2) is 0 Å². The molecule has 3 atom stereocenters. The van der Waals surface area contributed by atoms with Crippen LogP contribution in [0.25, 0.3) is 0 Å². The minimum Gasteiger partial charge on any atom is -0.490 e. The molecular formula is C35H51N3O7. The molecule has 10 heteroatoms. The summed E-state index contributed by atoms with van der Waals surface area (Å²) >= 11 is 0. The van der Waals surface area contributed by atoms with Gasteiger partial charge in [0.25, 0.3) is 0 Å². The van der Waals surface area contributed by atoms with Gasteiger partial charge >= 0.3 is 0 Å². The van der Waals surface area contributed by atoms with Gasteiger partial charge in [0.1, 0.15) is 19.0 Å². The summed E-state index contributed by atoms with van der Waals surface area (Å²) in [5.41, 5.74) is 4.45.